The molecule has 0 radical (unpaired) electrons. The van der Waals surface area contributed by atoms with Gasteiger partial charge in [0.2, 0.25) is 5.96 Å². The number of guanidine groups is 1. The molecular formula is C15H12FN7O. The van der Waals surface area contributed by atoms with E-state index in [0.717, 1.165) is 5.52 Å². The summed E-state index contributed by atoms with van der Waals surface area (Å²) in [5.41, 5.74) is 2.34. The Hall–Kier alpha value is -3.62. The molecule has 0 saturated heterocycles. The molecule has 3 aromatic rings. The smallest absolute Gasteiger partial charge is 0.258 e. The van der Waals surface area contributed by atoms with Crippen molar-refractivity contribution in [1.29, 1.82) is 5.41 Å². The first-order chi connectivity index (χ1) is 11.6. The number of carbonyl (C=O) groups excluding carboxylic acids is 1. The summed E-state index contributed by atoms with van der Waals surface area (Å²) in [6.45, 7) is 0. The minimum Gasteiger partial charge on any atom is -0.304 e. The number of nitrogens with one attached hydrogen (secondary N) is 3. The van der Waals surface area contributed by atoms with Crippen LogP contribution in [-0.2, 0) is 0 Å². The Bertz CT molecular complexity index is 946. The number of fused-ring (bicyclic) bond motifs is 1. The van der Waals surface area contributed by atoms with Gasteiger partial charge in [0.05, 0.1) is 11.2 Å². The maximum Gasteiger partial charge on any atom is 0.258 e. The van der Waals surface area contributed by atoms with Crippen molar-refractivity contribution in [2.24, 2.45) is 16.2 Å². The number of amides is 1. The van der Waals surface area contributed by atoms with Gasteiger partial charge in [0.15, 0.2) is 0 Å². The highest BCUT2D eigenvalue weighted by atomic mass is 19.1. The van der Waals surface area contributed by atoms with E-state index in [2.05, 4.69) is 25.9 Å². The molecule has 0 unspecified atom stereocenters. The van der Waals surface area contributed by atoms with E-state index in [-0.39, 0.29) is 5.82 Å². The topological polar surface area (TPSA) is 132 Å². The number of aromatic nitrogens is 2. The van der Waals surface area contributed by atoms with Crippen molar-refractivity contribution >= 4 is 22.8 Å². The van der Waals surface area contributed by atoms with Crippen molar-refractivity contribution in [2.75, 3.05) is 0 Å². The zero-order valence-electron chi connectivity index (χ0n) is 12.2. The van der Waals surface area contributed by atoms with E-state index in [4.69, 9.17) is 11.3 Å². The summed E-state index contributed by atoms with van der Waals surface area (Å²) in [6, 6.07) is 10.8. The Morgan fingerprint density at radius 2 is 2.00 bits per heavy atom. The Balaban J connectivity index is 1.98. The molecule has 1 aromatic heterocycles. The Kier molecular flexibility index (Phi) is 3.98. The third-order valence-corrected chi connectivity index (χ3v) is 3.33. The standard InChI is InChI=1S/C15H12FN7O/c16-10-4-1-8(2-5-10)13-11-7-9(3-6-12(11)20-21-13)14(24)19-15(17)22-23-18/h1-7H,(H,20,21)(H4,17,18,19,22,24). The molecule has 2 aromatic carbocycles. The molecule has 24 heavy (non-hydrogen) atoms. The monoisotopic (exact) mass is 325 g/mol. The van der Waals surface area contributed by atoms with Crippen LogP contribution in [0.5, 0.6) is 0 Å². The highest BCUT2D eigenvalue weighted by Crippen LogP contribution is 2.27. The number of benzene rings is 2. The third-order valence-electron chi connectivity index (χ3n) is 3.33. The fraction of sp³-hybridized carbons (Fsp3) is 0. The van der Waals surface area contributed by atoms with Gasteiger partial charge in [-0.15, -0.1) is 0 Å². The first-order valence-electron chi connectivity index (χ1n) is 6.83. The summed E-state index contributed by atoms with van der Waals surface area (Å²) in [4.78, 5) is 12.1. The van der Waals surface area contributed by atoms with Crippen LogP contribution < -0.4 is 11.2 Å². The fourth-order valence-electron chi connectivity index (χ4n) is 2.25. The van der Waals surface area contributed by atoms with Gasteiger partial charge in [-0.25, -0.2) is 4.39 Å². The van der Waals surface area contributed by atoms with Crippen LogP contribution in [0.4, 0.5) is 4.39 Å². The number of aromatic amines is 1. The molecule has 5 N–H and O–H groups in total. The molecule has 0 aliphatic rings. The van der Waals surface area contributed by atoms with Crippen LogP contribution in [0.2, 0.25) is 0 Å². The van der Waals surface area contributed by atoms with E-state index in [1.165, 1.54) is 12.1 Å². The Labute approximate surface area is 135 Å². The molecule has 0 fully saturated rings. The third kappa shape index (κ3) is 2.95. The van der Waals surface area contributed by atoms with Crippen LogP contribution in [0.3, 0.4) is 0 Å². The minimum absolute atomic E-state index is 0.309. The lowest BCUT2D eigenvalue weighted by Gasteiger charge is -2.03. The van der Waals surface area contributed by atoms with Crippen molar-refractivity contribution < 1.29 is 9.18 Å². The average molecular weight is 325 g/mol. The summed E-state index contributed by atoms with van der Waals surface area (Å²) in [6.07, 6.45) is 0. The van der Waals surface area contributed by atoms with Gasteiger partial charge in [-0.2, -0.15) is 5.10 Å². The zero-order chi connectivity index (χ0) is 17.1. The number of halogens is 1. The molecule has 1 amide bonds. The SMILES string of the molecule is N=C(N=NN)NC(=O)c1ccc2[nH]nc(-c3ccc(F)cc3)c2c1. The van der Waals surface area contributed by atoms with Crippen LogP contribution in [0.15, 0.2) is 52.8 Å². The van der Waals surface area contributed by atoms with Crippen molar-refractivity contribution in [3.63, 3.8) is 0 Å². The van der Waals surface area contributed by atoms with Gasteiger partial charge in [-0.3, -0.25) is 20.6 Å². The zero-order valence-corrected chi connectivity index (χ0v) is 12.2. The second-order valence-corrected chi connectivity index (χ2v) is 4.86. The maximum absolute atomic E-state index is 13.1. The number of hydrogen-bond donors (Lipinski definition) is 4. The van der Waals surface area contributed by atoms with E-state index in [1.807, 2.05) is 0 Å². The number of nitrogens with two attached hydrogens (primary N) is 1. The molecule has 0 aliphatic heterocycles. The number of H-pyrrole nitrogens is 1. The molecule has 0 saturated carbocycles. The minimum atomic E-state index is -0.527. The lowest BCUT2D eigenvalue weighted by molar-refractivity contribution is 0.0976. The summed E-state index contributed by atoms with van der Waals surface area (Å²) < 4.78 is 13.1. The number of nitrogens with zero attached hydrogens (tertiary/aromatic N) is 3. The van der Waals surface area contributed by atoms with Crippen LogP contribution in [0, 0.1) is 11.2 Å². The molecule has 0 bridgehead atoms. The van der Waals surface area contributed by atoms with Crippen molar-refractivity contribution in [3.05, 3.63) is 53.8 Å². The molecule has 1 heterocycles. The quantitative estimate of drug-likeness (QED) is 0.189. The number of hydrogen-bond acceptors (Lipinski definition) is 4. The van der Waals surface area contributed by atoms with Crippen molar-refractivity contribution in [1.82, 2.24) is 15.5 Å². The van der Waals surface area contributed by atoms with Crippen LogP contribution in [0.25, 0.3) is 22.2 Å². The van der Waals surface area contributed by atoms with Crippen molar-refractivity contribution in [2.45, 2.75) is 0 Å². The van der Waals surface area contributed by atoms with E-state index in [1.54, 1.807) is 30.3 Å². The van der Waals surface area contributed by atoms with Gasteiger partial charge >= 0.3 is 0 Å². The number of carbonyl (C=O) groups is 1. The highest BCUT2D eigenvalue weighted by molar-refractivity contribution is 6.07. The molecule has 0 aliphatic carbocycles. The van der Waals surface area contributed by atoms with Gasteiger partial charge in [0, 0.05) is 16.5 Å². The van der Waals surface area contributed by atoms with Crippen LogP contribution in [-0.4, -0.2) is 22.1 Å². The normalized spacial score (nSPS) is 11.0. The molecule has 120 valence electrons. The summed E-state index contributed by atoms with van der Waals surface area (Å²) in [5, 5.41) is 23.5. The van der Waals surface area contributed by atoms with Gasteiger partial charge < -0.3 is 5.84 Å². The first kappa shape index (κ1) is 15.3. The highest BCUT2D eigenvalue weighted by Gasteiger charge is 2.13. The Morgan fingerprint density at radius 3 is 2.71 bits per heavy atom. The second kappa shape index (κ2) is 6.24. The molecule has 8 nitrogen and oxygen atoms in total. The summed E-state index contributed by atoms with van der Waals surface area (Å²) >= 11 is 0. The van der Waals surface area contributed by atoms with Gasteiger partial charge in [-0.05, 0) is 42.5 Å². The van der Waals surface area contributed by atoms with Crippen LogP contribution in [0.1, 0.15) is 10.4 Å². The van der Waals surface area contributed by atoms with Gasteiger partial charge in [-0.1, -0.05) is 10.3 Å². The molecule has 0 atom stereocenters. The summed E-state index contributed by atoms with van der Waals surface area (Å²) in [5.74, 6) is 3.49. The van der Waals surface area contributed by atoms with Gasteiger partial charge in [0.1, 0.15) is 5.82 Å². The number of rotatable bonds is 2. The largest absolute Gasteiger partial charge is 0.304 e. The van der Waals surface area contributed by atoms with Crippen molar-refractivity contribution in [3.8, 4) is 11.3 Å². The molecular weight excluding hydrogens is 313 g/mol. The van der Waals surface area contributed by atoms with E-state index < -0.39 is 11.9 Å². The fourth-order valence-corrected chi connectivity index (χ4v) is 2.25. The van der Waals surface area contributed by atoms with E-state index >= 15 is 0 Å². The lowest BCUT2D eigenvalue weighted by atomic mass is 10.1. The predicted molar refractivity (Wildman–Crippen MR) is 85.7 cm³/mol. The van der Waals surface area contributed by atoms with E-state index in [9.17, 15) is 9.18 Å². The van der Waals surface area contributed by atoms with E-state index in [0.29, 0.717) is 22.2 Å². The summed E-state index contributed by atoms with van der Waals surface area (Å²) in [7, 11) is 0. The predicted octanol–water partition coefficient (Wildman–Crippen LogP) is 2.36. The average Bonchev–Trinajstić information content (AvgIpc) is 2.99. The molecule has 0 spiro atoms. The first-order valence-corrected chi connectivity index (χ1v) is 6.83. The molecule has 3 rings (SSSR count). The second-order valence-electron chi connectivity index (χ2n) is 4.86. The van der Waals surface area contributed by atoms with Crippen LogP contribution >= 0.6 is 0 Å². The van der Waals surface area contributed by atoms with Gasteiger partial charge in [0.25, 0.3) is 5.91 Å². The Morgan fingerprint density at radius 1 is 1.25 bits per heavy atom. The molecule has 9 heteroatoms. The lowest BCUT2D eigenvalue weighted by Crippen LogP contribution is -2.28. The maximum atomic E-state index is 13.1.